The van der Waals surface area contributed by atoms with Gasteiger partial charge in [0.25, 0.3) is 0 Å². The molecule has 0 fully saturated rings. The normalized spacial score (nSPS) is 12.4. The molecule has 1 atom stereocenters. The summed E-state index contributed by atoms with van der Waals surface area (Å²) in [6.07, 6.45) is 0.943. The molecule has 1 aromatic carbocycles. The summed E-state index contributed by atoms with van der Waals surface area (Å²) in [6, 6.07) is 12.0. The monoisotopic (exact) mass is 314 g/mol. The van der Waals surface area contributed by atoms with Gasteiger partial charge in [-0.15, -0.1) is 11.3 Å². The second kappa shape index (κ2) is 6.72. The molecule has 3 rings (SSSR count). The Morgan fingerprint density at radius 1 is 1.32 bits per heavy atom. The van der Waals surface area contributed by atoms with Crippen molar-refractivity contribution in [3.63, 3.8) is 0 Å². The van der Waals surface area contributed by atoms with E-state index in [0.717, 1.165) is 17.5 Å². The number of carbonyl (C=O) groups excluding carboxylic acids is 1. The van der Waals surface area contributed by atoms with E-state index < -0.39 is 0 Å². The van der Waals surface area contributed by atoms with E-state index in [4.69, 9.17) is 0 Å². The molecule has 0 aliphatic rings. The van der Waals surface area contributed by atoms with Gasteiger partial charge in [-0.2, -0.15) is 0 Å². The quantitative estimate of drug-likeness (QED) is 0.654. The van der Waals surface area contributed by atoms with Crippen LogP contribution in [0.3, 0.4) is 0 Å². The third-order valence-corrected chi connectivity index (χ3v) is 4.44. The van der Waals surface area contributed by atoms with E-state index in [-0.39, 0.29) is 18.5 Å². The number of rotatable bonds is 6. The number of hydrogen-bond acceptors (Lipinski definition) is 4. The van der Waals surface area contributed by atoms with E-state index in [0.29, 0.717) is 5.95 Å². The first-order valence-electron chi connectivity index (χ1n) is 7.27. The molecule has 0 saturated heterocycles. The van der Waals surface area contributed by atoms with Gasteiger partial charge in [0.05, 0.1) is 17.6 Å². The molecular formula is C16H18N4OS. The summed E-state index contributed by atoms with van der Waals surface area (Å²) < 4.78 is 0. The molecule has 0 aliphatic heterocycles. The Balaban J connectivity index is 1.58. The molecule has 5 nitrogen and oxygen atoms in total. The van der Waals surface area contributed by atoms with E-state index in [1.54, 1.807) is 11.3 Å². The lowest BCUT2D eigenvalue weighted by Crippen LogP contribution is -2.31. The summed E-state index contributed by atoms with van der Waals surface area (Å²) in [5.74, 6) is 0.381. The molecule has 2 aromatic heterocycles. The minimum Gasteiger partial charge on any atom is -0.324 e. The van der Waals surface area contributed by atoms with E-state index in [2.05, 4.69) is 33.6 Å². The molecule has 0 bridgehead atoms. The van der Waals surface area contributed by atoms with Gasteiger partial charge in [-0.1, -0.05) is 25.1 Å². The summed E-state index contributed by atoms with van der Waals surface area (Å²) in [5, 5.41) is 8.12. The van der Waals surface area contributed by atoms with Crippen molar-refractivity contribution in [2.24, 2.45) is 0 Å². The molecule has 3 aromatic rings. The number of aromatic amines is 1. The van der Waals surface area contributed by atoms with E-state index >= 15 is 0 Å². The van der Waals surface area contributed by atoms with Crippen LogP contribution in [0.15, 0.2) is 41.8 Å². The van der Waals surface area contributed by atoms with Crippen molar-refractivity contribution >= 4 is 34.2 Å². The minimum absolute atomic E-state index is 0.103. The van der Waals surface area contributed by atoms with Crippen molar-refractivity contribution < 1.29 is 4.79 Å². The number of benzene rings is 1. The smallest absolute Gasteiger partial charge is 0.240 e. The predicted octanol–water partition coefficient (Wildman–Crippen LogP) is 3.30. The summed E-state index contributed by atoms with van der Waals surface area (Å²) >= 11 is 1.70. The number of carbonyl (C=O) groups is 1. The van der Waals surface area contributed by atoms with Crippen molar-refractivity contribution in [2.75, 3.05) is 11.9 Å². The zero-order valence-corrected chi connectivity index (χ0v) is 13.1. The Labute approximate surface area is 132 Å². The number of anilines is 1. The summed E-state index contributed by atoms with van der Waals surface area (Å²) in [5.41, 5.74) is 1.76. The number of amides is 1. The number of H-pyrrole nitrogens is 1. The minimum atomic E-state index is -0.103. The van der Waals surface area contributed by atoms with Crippen LogP contribution >= 0.6 is 11.3 Å². The van der Waals surface area contributed by atoms with Crippen LogP contribution in [0.2, 0.25) is 0 Å². The van der Waals surface area contributed by atoms with Gasteiger partial charge in [-0.05, 0) is 30.0 Å². The molecule has 114 valence electrons. The van der Waals surface area contributed by atoms with Crippen LogP contribution in [0.5, 0.6) is 0 Å². The fraction of sp³-hybridized carbons (Fsp3) is 0.250. The molecule has 2 heterocycles. The summed E-state index contributed by atoms with van der Waals surface area (Å²) in [6.45, 7) is 2.36. The van der Waals surface area contributed by atoms with Gasteiger partial charge in [0, 0.05) is 10.9 Å². The molecule has 0 radical (unpaired) electrons. The Bertz CT molecular complexity index is 717. The molecular weight excluding hydrogens is 296 g/mol. The van der Waals surface area contributed by atoms with E-state index in [9.17, 15) is 4.79 Å². The number of imidazole rings is 1. The van der Waals surface area contributed by atoms with Crippen molar-refractivity contribution in [3.8, 4) is 0 Å². The van der Waals surface area contributed by atoms with E-state index in [1.807, 2.05) is 35.7 Å². The van der Waals surface area contributed by atoms with Gasteiger partial charge < -0.3 is 10.3 Å². The average Bonchev–Trinajstić information content (AvgIpc) is 3.16. The van der Waals surface area contributed by atoms with Crippen molar-refractivity contribution in [2.45, 2.75) is 19.4 Å². The van der Waals surface area contributed by atoms with Gasteiger partial charge in [0.1, 0.15) is 0 Å². The fourth-order valence-electron chi connectivity index (χ4n) is 2.34. The Morgan fingerprint density at radius 2 is 2.18 bits per heavy atom. The zero-order chi connectivity index (χ0) is 15.4. The molecule has 3 N–H and O–H groups in total. The second-order valence-corrected chi connectivity index (χ2v) is 5.99. The van der Waals surface area contributed by atoms with Crippen molar-refractivity contribution in [1.82, 2.24) is 15.3 Å². The lowest BCUT2D eigenvalue weighted by atomic mass is 10.2. The van der Waals surface area contributed by atoms with Crippen LogP contribution < -0.4 is 10.6 Å². The standard InChI is InChI=1S/C16H18N4OS/c1-2-11(14-8-5-9-22-14)17-10-15(21)20-16-18-12-6-3-4-7-13(12)19-16/h3-9,11,17H,2,10H2,1H3,(H2,18,19,20,21)/t11-/m1/s1. The van der Waals surface area contributed by atoms with Gasteiger partial charge >= 0.3 is 0 Å². The highest BCUT2D eigenvalue weighted by Gasteiger charge is 2.12. The first-order valence-corrected chi connectivity index (χ1v) is 8.15. The van der Waals surface area contributed by atoms with Gasteiger partial charge in [-0.3, -0.25) is 10.1 Å². The van der Waals surface area contributed by atoms with Gasteiger partial charge in [0.15, 0.2) is 0 Å². The number of para-hydroxylation sites is 2. The molecule has 6 heteroatoms. The van der Waals surface area contributed by atoms with Crippen molar-refractivity contribution in [3.05, 3.63) is 46.7 Å². The highest BCUT2D eigenvalue weighted by molar-refractivity contribution is 7.10. The van der Waals surface area contributed by atoms with Crippen LogP contribution in [0.1, 0.15) is 24.3 Å². The maximum Gasteiger partial charge on any atom is 0.240 e. The average molecular weight is 314 g/mol. The molecule has 0 spiro atoms. The number of aromatic nitrogens is 2. The topological polar surface area (TPSA) is 69.8 Å². The van der Waals surface area contributed by atoms with Crippen LogP contribution in [0, 0.1) is 0 Å². The fourth-order valence-corrected chi connectivity index (χ4v) is 3.23. The first kappa shape index (κ1) is 14.7. The Hall–Kier alpha value is -2.18. The lowest BCUT2D eigenvalue weighted by molar-refractivity contribution is -0.115. The highest BCUT2D eigenvalue weighted by atomic mass is 32.1. The van der Waals surface area contributed by atoms with Crippen LogP contribution in [-0.2, 0) is 4.79 Å². The molecule has 0 saturated carbocycles. The summed E-state index contributed by atoms with van der Waals surface area (Å²) in [4.78, 5) is 20.7. The second-order valence-electron chi connectivity index (χ2n) is 5.01. The summed E-state index contributed by atoms with van der Waals surface area (Å²) in [7, 11) is 0. The van der Waals surface area contributed by atoms with Crippen LogP contribution in [0.25, 0.3) is 11.0 Å². The Kier molecular flexibility index (Phi) is 4.50. The SMILES string of the molecule is CC[C@@H](NCC(=O)Nc1nc2ccccc2[nH]1)c1cccs1. The zero-order valence-electron chi connectivity index (χ0n) is 12.3. The van der Waals surface area contributed by atoms with Gasteiger partial charge in [-0.25, -0.2) is 4.98 Å². The number of nitrogens with zero attached hydrogens (tertiary/aromatic N) is 1. The van der Waals surface area contributed by atoms with Crippen LogP contribution in [0.4, 0.5) is 5.95 Å². The Morgan fingerprint density at radius 3 is 2.91 bits per heavy atom. The number of nitrogens with one attached hydrogen (secondary N) is 3. The predicted molar refractivity (Wildman–Crippen MR) is 90.1 cm³/mol. The number of fused-ring (bicyclic) bond motifs is 1. The van der Waals surface area contributed by atoms with Crippen LogP contribution in [-0.4, -0.2) is 22.4 Å². The molecule has 0 aliphatic carbocycles. The van der Waals surface area contributed by atoms with E-state index in [1.165, 1.54) is 4.88 Å². The highest BCUT2D eigenvalue weighted by Crippen LogP contribution is 2.21. The number of hydrogen-bond donors (Lipinski definition) is 3. The third-order valence-electron chi connectivity index (χ3n) is 3.45. The maximum atomic E-state index is 12.0. The largest absolute Gasteiger partial charge is 0.324 e. The molecule has 1 amide bonds. The number of thiophene rings is 1. The molecule has 0 unspecified atom stereocenters. The van der Waals surface area contributed by atoms with Gasteiger partial charge in [0.2, 0.25) is 11.9 Å². The lowest BCUT2D eigenvalue weighted by Gasteiger charge is -2.14. The van der Waals surface area contributed by atoms with Crippen molar-refractivity contribution in [1.29, 1.82) is 0 Å². The third kappa shape index (κ3) is 3.35. The maximum absolute atomic E-state index is 12.0. The first-order chi connectivity index (χ1) is 10.8. The molecule has 22 heavy (non-hydrogen) atoms.